The van der Waals surface area contributed by atoms with E-state index in [4.69, 9.17) is 11.6 Å². The first kappa shape index (κ1) is 14.0. The second-order valence-corrected chi connectivity index (χ2v) is 5.03. The molecular formula is C13H7BrClF2NO. The highest BCUT2D eigenvalue weighted by molar-refractivity contribution is 9.10. The fourth-order valence-electron chi connectivity index (χ4n) is 1.43. The molecule has 19 heavy (non-hydrogen) atoms. The number of hydrogen-bond donors (Lipinski definition) is 1. The highest BCUT2D eigenvalue weighted by Gasteiger charge is 2.11. The van der Waals surface area contributed by atoms with Crippen LogP contribution in [-0.2, 0) is 0 Å². The molecule has 0 unspecified atom stereocenters. The first-order chi connectivity index (χ1) is 8.97. The van der Waals surface area contributed by atoms with E-state index in [0.717, 1.165) is 16.6 Å². The van der Waals surface area contributed by atoms with Crippen molar-refractivity contribution < 1.29 is 13.6 Å². The lowest BCUT2D eigenvalue weighted by molar-refractivity contribution is 0.102. The standard InChI is InChI=1S/C13H7BrClF2NO/c14-8-2-3-9(15)12(6-8)18-13(19)7-1-4-10(16)11(17)5-7/h1-6H,(H,18,19). The molecule has 0 heterocycles. The molecule has 0 fully saturated rings. The number of rotatable bonds is 2. The van der Waals surface area contributed by atoms with Crippen molar-refractivity contribution in [3.05, 3.63) is 63.1 Å². The summed E-state index contributed by atoms with van der Waals surface area (Å²) < 4.78 is 26.5. The van der Waals surface area contributed by atoms with Crippen molar-refractivity contribution in [1.29, 1.82) is 0 Å². The van der Waals surface area contributed by atoms with Crippen LogP contribution in [0.5, 0.6) is 0 Å². The van der Waals surface area contributed by atoms with E-state index in [-0.39, 0.29) is 5.56 Å². The van der Waals surface area contributed by atoms with Gasteiger partial charge in [0.2, 0.25) is 0 Å². The number of nitrogens with one attached hydrogen (secondary N) is 1. The molecule has 0 aliphatic heterocycles. The average Bonchev–Trinajstić information content (AvgIpc) is 2.37. The minimum atomic E-state index is -1.08. The van der Waals surface area contributed by atoms with Gasteiger partial charge in [0.15, 0.2) is 11.6 Å². The lowest BCUT2D eigenvalue weighted by Crippen LogP contribution is -2.12. The van der Waals surface area contributed by atoms with E-state index in [1.807, 2.05) is 0 Å². The summed E-state index contributed by atoms with van der Waals surface area (Å²) in [7, 11) is 0. The molecule has 0 saturated heterocycles. The van der Waals surface area contributed by atoms with Crippen molar-refractivity contribution >= 4 is 39.1 Å². The third-order valence-electron chi connectivity index (χ3n) is 2.36. The number of carbonyl (C=O) groups is 1. The van der Waals surface area contributed by atoms with Gasteiger partial charge in [-0.15, -0.1) is 0 Å². The van der Waals surface area contributed by atoms with Gasteiger partial charge in [-0.05, 0) is 36.4 Å². The second-order valence-electron chi connectivity index (χ2n) is 3.71. The largest absolute Gasteiger partial charge is 0.321 e. The van der Waals surface area contributed by atoms with Crippen LogP contribution in [0.2, 0.25) is 5.02 Å². The van der Waals surface area contributed by atoms with E-state index in [1.54, 1.807) is 18.2 Å². The Hall–Kier alpha value is -1.46. The van der Waals surface area contributed by atoms with Crippen LogP contribution in [0.4, 0.5) is 14.5 Å². The predicted octanol–water partition coefficient (Wildman–Crippen LogP) is 4.63. The summed E-state index contributed by atoms with van der Waals surface area (Å²) in [6, 6.07) is 7.85. The molecule has 0 spiro atoms. The van der Waals surface area contributed by atoms with Crippen LogP contribution in [0.1, 0.15) is 10.4 Å². The molecule has 0 aromatic heterocycles. The number of benzene rings is 2. The lowest BCUT2D eigenvalue weighted by atomic mass is 10.2. The van der Waals surface area contributed by atoms with Crippen molar-refractivity contribution in [2.45, 2.75) is 0 Å². The quantitative estimate of drug-likeness (QED) is 0.844. The monoisotopic (exact) mass is 345 g/mol. The fourth-order valence-corrected chi connectivity index (χ4v) is 1.95. The Morgan fingerprint density at radius 2 is 1.84 bits per heavy atom. The zero-order chi connectivity index (χ0) is 14.0. The van der Waals surface area contributed by atoms with Gasteiger partial charge in [0.05, 0.1) is 10.7 Å². The smallest absolute Gasteiger partial charge is 0.255 e. The third kappa shape index (κ3) is 3.30. The highest BCUT2D eigenvalue weighted by atomic mass is 79.9. The first-order valence-corrected chi connectivity index (χ1v) is 6.36. The zero-order valence-corrected chi connectivity index (χ0v) is 11.7. The van der Waals surface area contributed by atoms with Gasteiger partial charge in [0.1, 0.15) is 0 Å². The van der Waals surface area contributed by atoms with Gasteiger partial charge in [-0.1, -0.05) is 27.5 Å². The average molecular weight is 347 g/mol. The van der Waals surface area contributed by atoms with E-state index in [0.29, 0.717) is 10.7 Å². The van der Waals surface area contributed by atoms with Crippen molar-refractivity contribution in [3.8, 4) is 0 Å². The molecular weight excluding hydrogens is 340 g/mol. The Kier molecular flexibility index (Phi) is 4.17. The van der Waals surface area contributed by atoms with Gasteiger partial charge in [0, 0.05) is 10.0 Å². The molecule has 0 aliphatic rings. The highest BCUT2D eigenvalue weighted by Crippen LogP contribution is 2.26. The third-order valence-corrected chi connectivity index (χ3v) is 3.18. The Morgan fingerprint density at radius 3 is 2.53 bits per heavy atom. The van der Waals surface area contributed by atoms with E-state index in [2.05, 4.69) is 21.2 Å². The summed E-state index contributed by atoms with van der Waals surface area (Å²) in [5.74, 6) is -2.65. The van der Waals surface area contributed by atoms with E-state index >= 15 is 0 Å². The summed E-state index contributed by atoms with van der Waals surface area (Å²) in [6.07, 6.45) is 0. The molecule has 2 aromatic rings. The van der Waals surface area contributed by atoms with Crippen LogP contribution < -0.4 is 5.32 Å². The molecule has 0 bridgehead atoms. The number of halogens is 4. The molecule has 2 rings (SSSR count). The minimum Gasteiger partial charge on any atom is -0.321 e. The number of carbonyl (C=O) groups excluding carboxylic acids is 1. The molecule has 0 radical (unpaired) electrons. The zero-order valence-electron chi connectivity index (χ0n) is 9.38. The van der Waals surface area contributed by atoms with Gasteiger partial charge in [-0.2, -0.15) is 0 Å². The summed E-state index contributed by atoms with van der Waals surface area (Å²) in [5, 5.41) is 2.87. The SMILES string of the molecule is O=C(Nc1cc(Br)ccc1Cl)c1ccc(F)c(F)c1. The molecule has 6 heteroatoms. The predicted molar refractivity (Wildman–Crippen MR) is 73.5 cm³/mol. The maximum absolute atomic E-state index is 13.0. The van der Waals surface area contributed by atoms with Crippen LogP contribution >= 0.6 is 27.5 Å². The van der Waals surface area contributed by atoms with Gasteiger partial charge < -0.3 is 5.32 Å². The normalized spacial score (nSPS) is 10.3. The van der Waals surface area contributed by atoms with Crippen LogP contribution in [-0.4, -0.2) is 5.91 Å². The van der Waals surface area contributed by atoms with Gasteiger partial charge in [-0.3, -0.25) is 4.79 Å². The Balaban J connectivity index is 2.25. The minimum absolute atomic E-state index is 0.00921. The number of hydrogen-bond acceptors (Lipinski definition) is 1. The first-order valence-electron chi connectivity index (χ1n) is 5.19. The van der Waals surface area contributed by atoms with Gasteiger partial charge >= 0.3 is 0 Å². The molecule has 1 amide bonds. The maximum atomic E-state index is 13.0. The lowest BCUT2D eigenvalue weighted by Gasteiger charge is -2.08. The molecule has 98 valence electrons. The van der Waals surface area contributed by atoms with E-state index in [1.165, 1.54) is 6.07 Å². The van der Waals surface area contributed by atoms with Crippen molar-refractivity contribution in [2.75, 3.05) is 5.32 Å². The van der Waals surface area contributed by atoms with Crippen molar-refractivity contribution in [2.24, 2.45) is 0 Å². The van der Waals surface area contributed by atoms with Crippen LogP contribution in [0, 0.1) is 11.6 Å². The molecule has 1 N–H and O–H groups in total. The summed E-state index contributed by atoms with van der Waals surface area (Å²) >= 11 is 9.16. The van der Waals surface area contributed by atoms with Gasteiger partial charge in [0.25, 0.3) is 5.91 Å². The van der Waals surface area contributed by atoms with Crippen LogP contribution in [0.25, 0.3) is 0 Å². The molecule has 2 nitrogen and oxygen atoms in total. The Morgan fingerprint density at radius 1 is 1.11 bits per heavy atom. The van der Waals surface area contributed by atoms with Crippen LogP contribution in [0.15, 0.2) is 40.9 Å². The summed E-state index contributed by atoms with van der Waals surface area (Å²) in [4.78, 5) is 11.9. The van der Waals surface area contributed by atoms with Gasteiger partial charge in [-0.25, -0.2) is 8.78 Å². The molecule has 2 aromatic carbocycles. The number of anilines is 1. The second kappa shape index (κ2) is 5.67. The van der Waals surface area contributed by atoms with Crippen LogP contribution in [0.3, 0.4) is 0 Å². The summed E-state index contributed by atoms with van der Waals surface area (Å²) in [5.41, 5.74) is 0.390. The fraction of sp³-hybridized carbons (Fsp3) is 0. The van der Waals surface area contributed by atoms with Crippen molar-refractivity contribution in [1.82, 2.24) is 0 Å². The number of amides is 1. The molecule has 0 saturated carbocycles. The van der Waals surface area contributed by atoms with E-state index in [9.17, 15) is 13.6 Å². The molecule has 0 atom stereocenters. The molecule has 0 aliphatic carbocycles. The maximum Gasteiger partial charge on any atom is 0.255 e. The Bertz CT molecular complexity index is 649. The topological polar surface area (TPSA) is 29.1 Å². The Labute approximate surface area is 121 Å². The summed E-state index contributed by atoms with van der Waals surface area (Å²) in [6.45, 7) is 0. The van der Waals surface area contributed by atoms with E-state index < -0.39 is 17.5 Å². The van der Waals surface area contributed by atoms with Crippen molar-refractivity contribution in [3.63, 3.8) is 0 Å².